The van der Waals surface area contributed by atoms with Crippen LogP contribution < -0.4 is 4.74 Å². The van der Waals surface area contributed by atoms with E-state index in [-0.39, 0.29) is 18.3 Å². The first kappa shape index (κ1) is 20.8. The van der Waals surface area contributed by atoms with Crippen molar-refractivity contribution < 1.29 is 13.9 Å². The van der Waals surface area contributed by atoms with Gasteiger partial charge in [-0.1, -0.05) is 23.2 Å². The van der Waals surface area contributed by atoms with Gasteiger partial charge in [-0.15, -0.1) is 0 Å². The van der Waals surface area contributed by atoms with E-state index in [0.717, 1.165) is 16.7 Å². The Morgan fingerprint density at radius 3 is 2.82 bits per heavy atom. The highest BCUT2D eigenvalue weighted by molar-refractivity contribution is 9.10. The van der Waals surface area contributed by atoms with Gasteiger partial charge in [0, 0.05) is 18.6 Å². The van der Waals surface area contributed by atoms with Crippen LogP contribution in [0.3, 0.4) is 0 Å². The van der Waals surface area contributed by atoms with Crippen molar-refractivity contribution in [1.29, 1.82) is 0 Å². The normalized spacial score (nSPS) is 10.9. The summed E-state index contributed by atoms with van der Waals surface area (Å²) in [5, 5.41) is 5.20. The Balaban J connectivity index is 1.64. The number of halogens is 3. The first-order valence-electron chi connectivity index (χ1n) is 8.51. The Hall–Kier alpha value is -1.96. The van der Waals surface area contributed by atoms with E-state index in [2.05, 4.69) is 21.0 Å². The molecule has 1 amide bonds. The van der Waals surface area contributed by atoms with Gasteiger partial charge in [0.1, 0.15) is 18.1 Å². The van der Waals surface area contributed by atoms with Crippen LogP contribution in [0.4, 0.5) is 0 Å². The Morgan fingerprint density at radius 1 is 1.32 bits per heavy atom. The van der Waals surface area contributed by atoms with Gasteiger partial charge >= 0.3 is 0 Å². The average molecular weight is 487 g/mol. The van der Waals surface area contributed by atoms with E-state index in [4.69, 9.17) is 32.4 Å². The van der Waals surface area contributed by atoms with Crippen molar-refractivity contribution in [3.63, 3.8) is 0 Å². The Kier molecular flexibility index (Phi) is 6.69. The van der Waals surface area contributed by atoms with Gasteiger partial charge in [0.2, 0.25) is 0 Å². The van der Waals surface area contributed by atoms with Gasteiger partial charge in [-0.3, -0.25) is 9.48 Å². The van der Waals surface area contributed by atoms with E-state index in [9.17, 15) is 4.79 Å². The zero-order valence-corrected chi connectivity index (χ0v) is 18.4. The Bertz CT molecular complexity index is 987. The molecule has 6 nitrogen and oxygen atoms in total. The van der Waals surface area contributed by atoms with Gasteiger partial charge in [-0.05, 0) is 53.2 Å². The lowest BCUT2D eigenvalue weighted by molar-refractivity contribution is 0.0745. The molecule has 0 fully saturated rings. The smallest absolute Gasteiger partial charge is 0.289 e. The number of rotatable bonds is 7. The van der Waals surface area contributed by atoms with E-state index < -0.39 is 0 Å². The fourth-order valence-corrected chi connectivity index (χ4v) is 3.50. The lowest BCUT2D eigenvalue weighted by Crippen LogP contribution is -2.27. The standard InChI is InChI=1S/C19H18BrCl2N3O3/c1-3-25-16(14(20)9-23-25)10-24(2)19(26)18-7-5-13(28-18)11-27-17-6-4-12(21)8-15(17)22/h4-9H,3,10-11H2,1-2H3. The predicted molar refractivity (Wildman–Crippen MR) is 111 cm³/mol. The molecule has 3 aromatic rings. The number of aromatic nitrogens is 2. The molecule has 0 aliphatic heterocycles. The zero-order valence-electron chi connectivity index (χ0n) is 15.3. The third kappa shape index (κ3) is 4.71. The summed E-state index contributed by atoms with van der Waals surface area (Å²) in [6.45, 7) is 3.27. The van der Waals surface area contributed by atoms with Crippen LogP contribution in [-0.4, -0.2) is 27.6 Å². The summed E-state index contributed by atoms with van der Waals surface area (Å²) in [6, 6.07) is 8.31. The summed E-state index contributed by atoms with van der Waals surface area (Å²) in [4.78, 5) is 14.2. The van der Waals surface area contributed by atoms with Crippen LogP contribution in [0, 0.1) is 0 Å². The van der Waals surface area contributed by atoms with Crippen LogP contribution in [0.15, 0.2) is 45.4 Å². The summed E-state index contributed by atoms with van der Waals surface area (Å²) in [6.07, 6.45) is 1.72. The number of hydrogen-bond donors (Lipinski definition) is 0. The number of benzene rings is 1. The minimum atomic E-state index is -0.230. The van der Waals surface area contributed by atoms with E-state index in [1.54, 1.807) is 48.5 Å². The maximum atomic E-state index is 12.7. The summed E-state index contributed by atoms with van der Waals surface area (Å²) in [7, 11) is 1.72. The lowest BCUT2D eigenvalue weighted by Gasteiger charge is -2.17. The highest BCUT2D eigenvalue weighted by atomic mass is 79.9. The van der Waals surface area contributed by atoms with E-state index >= 15 is 0 Å². The molecule has 148 valence electrons. The van der Waals surface area contributed by atoms with Crippen LogP contribution >= 0.6 is 39.1 Å². The third-order valence-electron chi connectivity index (χ3n) is 4.07. The van der Waals surface area contributed by atoms with Crippen LogP contribution in [0.1, 0.15) is 28.9 Å². The molecule has 2 heterocycles. The van der Waals surface area contributed by atoms with E-state index in [0.29, 0.717) is 28.1 Å². The molecule has 28 heavy (non-hydrogen) atoms. The molecule has 0 saturated heterocycles. The summed E-state index contributed by atoms with van der Waals surface area (Å²) in [5.41, 5.74) is 0.922. The lowest BCUT2D eigenvalue weighted by atomic mass is 10.3. The molecule has 0 aliphatic rings. The highest BCUT2D eigenvalue weighted by Gasteiger charge is 2.19. The molecule has 0 bridgehead atoms. The largest absolute Gasteiger partial charge is 0.484 e. The molecule has 0 spiro atoms. The molecular formula is C19H18BrCl2N3O3. The molecule has 0 radical (unpaired) electrons. The fourth-order valence-electron chi connectivity index (χ4n) is 2.61. The number of hydrogen-bond acceptors (Lipinski definition) is 4. The van der Waals surface area contributed by atoms with Crippen molar-refractivity contribution in [1.82, 2.24) is 14.7 Å². The second kappa shape index (κ2) is 9.03. The maximum Gasteiger partial charge on any atom is 0.289 e. The number of ether oxygens (including phenoxy) is 1. The molecule has 3 rings (SSSR count). The van der Waals surface area contributed by atoms with E-state index in [1.165, 1.54) is 0 Å². The number of nitrogens with zero attached hydrogens (tertiary/aromatic N) is 3. The second-order valence-electron chi connectivity index (χ2n) is 6.05. The molecule has 2 aromatic heterocycles. The van der Waals surface area contributed by atoms with E-state index in [1.807, 2.05) is 11.6 Å². The first-order valence-corrected chi connectivity index (χ1v) is 10.1. The SMILES string of the molecule is CCn1ncc(Br)c1CN(C)C(=O)c1ccc(COc2ccc(Cl)cc2Cl)o1. The number of amides is 1. The van der Waals surface area contributed by atoms with Crippen LogP contribution in [0.25, 0.3) is 0 Å². The monoisotopic (exact) mass is 485 g/mol. The van der Waals surface area contributed by atoms with Crippen molar-refractivity contribution in [2.24, 2.45) is 0 Å². The molecule has 0 N–H and O–H groups in total. The van der Waals surface area contributed by atoms with Gasteiger partial charge in [0.25, 0.3) is 5.91 Å². The number of carbonyl (C=O) groups excluding carboxylic acids is 1. The maximum absolute atomic E-state index is 12.7. The predicted octanol–water partition coefficient (Wildman–Crippen LogP) is 5.42. The molecular weight excluding hydrogens is 469 g/mol. The fraction of sp³-hybridized carbons (Fsp3) is 0.263. The zero-order chi connectivity index (χ0) is 20.3. The second-order valence-corrected chi connectivity index (χ2v) is 7.74. The number of furan rings is 1. The van der Waals surface area contributed by atoms with Crippen LogP contribution in [0.5, 0.6) is 5.75 Å². The van der Waals surface area contributed by atoms with Gasteiger partial charge < -0.3 is 14.1 Å². The molecule has 1 aromatic carbocycles. The first-order chi connectivity index (χ1) is 13.4. The Labute approximate surface area is 181 Å². The Morgan fingerprint density at radius 2 is 2.11 bits per heavy atom. The third-order valence-corrected chi connectivity index (χ3v) is 5.26. The van der Waals surface area contributed by atoms with Crippen molar-refractivity contribution in [3.8, 4) is 5.75 Å². The quantitative estimate of drug-likeness (QED) is 0.447. The average Bonchev–Trinajstić information content (AvgIpc) is 3.27. The summed E-state index contributed by atoms with van der Waals surface area (Å²) in [5.74, 6) is 1.02. The summed E-state index contributed by atoms with van der Waals surface area (Å²) < 4.78 is 14.0. The molecule has 0 unspecified atom stereocenters. The molecule has 0 atom stereocenters. The molecule has 9 heteroatoms. The van der Waals surface area contributed by atoms with Gasteiger partial charge in [-0.25, -0.2) is 0 Å². The number of aryl methyl sites for hydroxylation is 1. The van der Waals surface area contributed by atoms with Crippen molar-refractivity contribution in [2.45, 2.75) is 26.6 Å². The minimum absolute atomic E-state index is 0.145. The van der Waals surface area contributed by atoms with Crippen LogP contribution in [0.2, 0.25) is 10.0 Å². The van der Waals surface area contributed by atoms with Crippen molar-refractivity contribution in [2.75, 3.05) is 7.05 Å². The van der Waals surface area contributed by atoms with Gasteiger partial charge in [0.05, 0.1) is 27.9 Å². The minimum Gasteiger partial charge on any atom is -0.484 e. The summed E-state index contributed by atoms with van der Waals surface area (Å²) >= 11 is 15.4. The molecule has 0 saturated carbocycles. The topological polar surface area (TPSA) is 60.5 Å². The molecule has 0 aliphatic carbocycles. The van der Waals surface area contributed by atoms with Gasteiger partial charge in [0.15, 0.2) is 5.76 Å². The highest BCUT2D eigenvalue weighted by Crippen LogP contribution is 2.28. The van der Waals surface area contributed by atoms with Crippen LogP contribution in [-0.2, 0) is 19.7 Å². The van der Waals surface area contributed by atoms with Crippen molar-refractivity contribution in [3.05, 3.63) is 68.3 Å². The number of carbonyl (C=O) groups is 1. The van der Waals surface area contributed by atoms with Crippen molar-refractivity contribution >= 4 is 45.0 Å². The van der Waals surface area contributed by atoms with Gasteiger partial charge in [-0.2, -0.15) is 5.10 Å².